The third-order valence-electron chi connectivity index (χ3n) is 4.52. The van der Waals surface area contributed by atoms with Crippen LogP contribution in [0.1, 0.15) is 12.0 Å². The van der Waals surface area contributed by atoms with E-state index in [9.17, 15) is 4.79 Å². The first kappa shape index (κ1) is 19.7. The van der Waals surface area contributed by atoms with Crippen LogP contribution in [-0.4, -0.2) is 53.6 Å². The second kappa shape index (κ2) is 9.77. The summed E-state index contributed by atoms with van der Waals surface area (Å²) >= 11 is 5.55. The maximum atomic E-state index is 12.5. The Morgan fingerprint density at radius 1 is 1.07 bits per heavy atom. The van der Waals surface area contributed by atoms with Gasteiger partial charge in [-0.15, -0.1) is 6.42 Å². The minimum atomic E-state index is -0.00805. The van der Waals surface area contributed by atoms with Crippen LogP contribution in [0.25, 0.3) is 0 Å². The predicted molar refractivity (Wildman–Crippen MR) is 115 cm³/mol. The van der Waals surface area contributed by atoms with Crippen LogP contribution in [0.5, 0.6) is 5.75 Å². The van der Waals surface area contributed by atoms with E-state index in [4.69, 9.17) is 23.4 Å². The van der Waals surface area contributed by atoms with Gasteiger partial charge in [0.05, 0.1) is 0 Å². The Hall–Kier alpha value is -3.04. The summed E-state index contributed by atoms with van der Waals surface area (Å²) in [6, 6.07) is 17.0. The molecule has 0 spiro atoms. The lowest BCUT2D eigenvalue weighted by molar-refractivity contribution is -0.133. The molecule has 6 heteroatoms. The fourth-order valence-electron chi connectivity index (χ4n) is 3.01. The third kappa shape index (κ3) is 5.48. The van der Waals surface area contributed by atoms with E-state index in [0.717, 1.165) is 24.2 Å². The van der Waals surface area contributed by atoms with Gasteiger partial charge in [0.1, 0.15) is 5.75 Å². The molecule has 1 heterocycles. The third-order valence-corrected chi connectivity index (χ3v) is 4.88. The molecule has 1 saturated heterocycles. The van der Waals surface area contributed by atoms with Crippen molar-refractivity contribution in [2.24, 2.45) is 0 Å². The minimum Gasteiger partial charge on any atom is -0.484 e. The molecule has 28 heavy (non-hydrogen) atoms. The second-order valence-corrected chi connectivity index (χ2v) is 6.87. The van der Waals surface area contributed by atoms with Gasteiger partial charge >= 0.3 is 0 Å². The molecule has 1 amide bonds. The summed E-state index contributed by atoms with van der Waals surface area (Å²) in [5.41, 5.74) is 1.67. The van der Waals surface area contributed by atoms with E-state index in [1.54, 1.807) is 0 Å². The molecule has 0 saturated carbocycles. The number of carbonyl (C=O) groups excluding carboxylic acids is 1. The van der Waals surface area contributed by atoms with Crippen LogP contribution in [0, 0.1) is 12.3 Å². The lowest BCUT2D eigenvalue weighted by Crippen LogP contribution is -2.40. The Morgan fingerprint density at radius 3 is 2.61 bits per heavy atom. The summed E-state index contributed by atoms with van der Waals surface area (Å²) in [6.07, 6.45) is 6.30. The van der Waals surface area contributed by atoms with E-state index in [2.05, 4.69) is 16.1 Å². The van der Waals surface area contributed by atoms with Crippen molar-refractivity contribution in [1.82, 2.24) is 9.80 Å². The summed E-state index contributed by atoms with van der Waals surface area (Å²) in [5.74, 6) is 3.31. The van der Waals surface area contributed by atoms with Gasteiger partial charge in [-0.05, 0) is 49.0 Å². The summed E-state index contributed by atoms with van der Waals surface area (Å²) < 4.78 is 5.58. The summed E-state index contributed by atoms with van der Waals surface area (Å²) in [6.45, 7) is 2.83. The lowest BCUT2D eigenvalue weighted by Gasteiger charge is -2.24. The number of anilines is 1. The van der Waals surface area contributed by atoms with E-state index in [0.29, 0.717) is 30.5 Å². The molecule has 3 rings (SSSR count). The topological polar surface area (TPSA) is 44.8 Å². The van der Waals surface area contributed by atoms with Crippen molar-refractivity contribution in [1.29, 1.82) is 0 Å². The highest BCUT2D eigenvalue weighted by molar-refractivity contribution is 7.80. The number of hydrogen-bond donors (Lipinski definition) is 1. The molecule has 0 atom stereocenters. The second-order valence-electron chi connectivity index (χ2n) is 6.48. The summed E-state index contributed by atoms with van der Waals surface area (Å²) in [5, 5.41) is 3.88. The number of amides is 1. The van der Waals surface area contributed by atoms with Crippen molar-refractivity contribution in [2.45, 2.75) is 6.42 Å². The molecule has 0 aromatic heterocycles. The molecule has 0 aliphatic carbocycles. The molecule has 1 N–H and O–H groups in total. The van der Waals surface area contributed by atoms with Crippen LogP contribution in [0.4, 0.5) is 5.69 Å². The first-order valence-corrected chi connectivity index (χ1v) is 9.65. The van der Waals surface area contributed by atoms with E-state index in [-0.39, 0.29) is 12.5 Å². The van der Waals surface area contributed by atoms with Gasteiger partial charge in [0.25, 0.3) is 5.91 Å². The van der Waals surface area contributed by atoms with Gasteiger partial charge in [-0.2, -0.15) is 0 Å². The zero-order valence-corrected chi connectivity index (χ0v) is 16.5. The van der Waals surface area contributed by atoms with Crippen LogP contribution in [0.3, 0.4) is 0 Å². The van der Waals surface area contributed by atoms with Crippen molar-refractivity contribution in [2.75, 3.05) is 38.1 Å². The SMILES string of the molecule is C#Cc1cccc(NC(=S)N2CCCN(C(=O)COc3ccccc3)CC2)c1. The number of terminal acetylenes is 1. The lowest BCUT2D eigenvalue weighted by atomic mass is 10.2. The molecule has 1 aliphatic rings. The Bertz CT molecular complexity index is 864. The van der Waals surface area contributed by atoms with Crippen LogP contribution in [-0.2, 0) is 4.79 Å². The van der Waals surface area contributed by atoms with Gasteiger partial charge in [-0.3, -0.25) is 4.79 Å². The van der Waals surface area contributed by atoms with Crippen LogP contribution in [0.15, 0.2) is 54.6 Å². The van der Waals surface area contributed by atoms with Crippen LogP contribution in [0.2, 0.25) is 0 Å². The molecule has 5 nitrogen and oxygen atoms in total. The molecule has 0 bridgehead atoms. The largest absolute Gasteiger partial charge is 0.484 e. The Balaban J connectivity index is 1.50. The maximum Gasteiger partial charge on any atom is 0.260 e. The van der Waals surface area contributed by atoms with Gasteiger partial charge in [-0.1, -0.05) is 30.2 Å². The highest BCUT2D eigenvalue weighted by atomic mass is 32.1. The van der Waals surface area contributed by atoms with Crippen molar-refractivity contribution in [3.63, 3.8) is 0 Å². The monoisotopic (exact) mass is 393 g/mol. The van der Waals surface area contributed by atoms with Crippen molar-refractivity contribution in [3.05, 3.63) is 60.2 Å². The molecular formula is C22H23N3O2S. The quantitative estimate of drug-likeness (QED) is 0.639. The number of nitrogens with zero attached hydrogens (tertiary/aromatic N) is 2. The number of hydrogen-bond acceptors (Lipinski definition) is 3. The average molecular weight is 394 g/mol. The van der Waals surface area contributed by atoms with E-state index >= 15 is 0 Å². The molecule has 1 fully saturated rings. The first-order valence-electron chi connectivity index (χ1n) is 9.24. The molecule has 2 aromatic carbocycles. The first-order chi connectivity index (χ1) is 13.7. The summed E-state index contributed by atoms with van der Waals surface area (Å²) in [4.78, 5) is 16.4. The number of para-hydroxylation sites is 1. The number of carbonyl (C=O) groups is 1. The van der Waals surface area contributed by atoms with Gasteiger partial charge in [0, 0.05) is 37.4 Å². The molecule has 0 unspecified atom stereocenters. The number of rotatable bonds is 4. The van der Waals surface area contributed by atoms with Crippen molar-refractivity contribution >= 4 is 28.9 Å². The van der Waals surface area contributed by atoms with Gasteiger partial charge in [-0.25, -0.2) is 0 Å². The normalized spacial score (nSPS) is 14.0. The maximum absolute atomic E-state index is 12.5. The van der Waals surface area contributed by atoms with Crippen LogP contribution >= 0.6 is 12.2 Å². The predicted octanol–water partition coefficient (Wildman–Crippen LogP) is 2.98. The number of benzene rings is 2. The summed E-state index contributed by atoms with van der Waals surface area (Å²) in [7, 11) is 0. The fraction of sp³-hybridized carbons (Fsp3) is 0.273. The molecule has 0 radical (unpaired) electrons. The Morgan fingerprint density at radius 2 is 1.82 bits per heavy atom. The molecular weight excluding hydrogens is 370 g/mol. The average Bonchev–Trinajstić information content (AvgIpc) is 2.99. The molecule has 2 aromatic rings. The highest BCUT2D eigenvalue weighted by Gasteiger charge is 2.21. The van der Waals surface area contributed by atoms with Crippen LogP contribution < -0.4 is 10.1 Å². The van der Waals surface area contributed by atoms with Gasteiger partial charge in [0.15, 0.2) is 11.7 Å². The number of thiocarbonyl (C=S) groups is 1. The number of ether oxygens (including phenoxy) is 1. The van der Waals surface area contributed by atoms with E-state index in [1.807, 2.05) is 59.5 Å². The fourth-order valence-corrected chi connectivity index (χ4v) is 3.31. The zero-order chi connectivity index (χ0) is 19.8. The standard InChI is InChI=1S/C22H23N3O2S/c1-2-18-8-6-9-19(16-18)23-22(28)25-13-7-12-24(14-15-25)21(26)17-27-20-10-4-3-5-11-20/h1,3-6,8-11,16H,7,12-15,17H2,(H,23,28). The van der Waals surface area contributed by atoms with E-state index < -0.39 is 0 Å². The van der Waals surface area contributed by atoms with Crippen molar-refractivity contribution < 1.29 is 9.53 Å². The Kier molecular flexibility index (Phi) is 6.88. The molecule has 1 aliphatic heterocycles. The number of nitrogens with one attached hydrogen (secondary N) is 1. The zero-order valence-electron chi connectivity index (χ0n) is 15.6. The van der Waals surface area contributed by atoms with Gasteiger partial charge in [0.2, 0.25) is 0 Å². The smallest absolute Gasteiger partial charge is 0.260 e. The van der Waals surface area contributed by atoms with Crippen molar-refractivity contribution in [3.8, 4) is 18.1 Å². The highest BCUT2D eigenvalue weighted by Crippen LogP contribution is 2.13. The van der Waals surface area contributed by atoms with Gasteiger partial charge < -0.3 is 19.9 Å². The Labute approximate surface area is 171 Å². The minimum absolute atomic E-state index is 0.00805. The molecule has 144 valence electrons. The van der Waals surface area contributed by atoms with E-state index in [1.165, 1.54) is 0 Å².